The predicted molar refractivity (Wildman–Crippen MR) is 126 cm³/mol. The van der Waals surface area contributed by atoms with Crippen molar-refractivity contribution in [2.45, 2.75) is 44.3 Å². The van der Waals surface area contributed by atoms with Gasteiger partial charge in [-0.15, -0.1) is 0 Å². The maximum absolute atomic E-state index is 14.1. The predicted octanol–water partition coefficient (Wildman–Crippen LogP) is 4.28. The second-order valence-electron chi connectivity index (χ2n) is 9.09. The van der Waals surface area contributed by atoms with E-state index in [1.807, 2.05) is 0 Å². The number of aromatic nitrogens is 2. The number of primary amides is 1. The zero-order valence-corrected chi connectivity index (χ0v) is 20.6. The molecule has 5 N–H and O–H groups in total. The van der Waals surface area contributed by atoms with Crippen molar-refractivity contribution in [3.05, 3.63) is 65.4 Å². The fourth-order valence-electron chi connectivity index (χ4n) is 3.70. The summed E-state index contributed by atoms with van der Waals surface area (Å²) in [6, 6.07) is 8.80. The maximum atomic E-state index is 14.1. The summed E-state index contributed by atoms with van der Waals surface area (Å²) in [5.41, 5.74) is 5.32. The van der Waals surface area contributed by atoms with Gasteiger partial charge in [-0.1, -0.05) is 36.4 Å². The lowest BCUT2D eigenvalue weighted by atomic mass is 9.88. The highest BCUT2D eigenvalue weighted by molar-refractivity contribution is 5.90. The van der Waals surface area contributed by atoms with Gasteiger partial charge in [0.25, 0.3) is 5.91 Å². The quantitative estimate of drug-likeness (QED) is 0.304. The molecule has 1 aromatic heterocycles. The highest BCUT2D eigenvalue weighted by Crippen LogP contribution is 2.45. The minimum absolute atomic E-state index is 0.0514. The molecule has 0 saturated carbocycles. The smallest absolute Gasteiger partial charge is 0.427 e. The number of hydrogen-bond acceptors (Lipinski definition) is 7. The Morgan fingerprint density at radius 1 is 0.949 bits per heavy atom. The van der Waals surface area contributed by atoms with Gasteiger partial charge in [0, 0.05) is 16.7 Å². The number of nitrogens with zero attached hydrogens (tertiary/aromatic N) is 2. The number of esters is 1. The molecule has 0 aliphatic heterocycles. The van der Waals surface area contributed by atoms with Crippen molar-refractivity contribution < 1.29 is 45.8 Å². The van der Waals surface area contributed by atoms with E-state index in [0.29, 0.717) is 23.3 Å². The van der Waals surface area contributed by atoms with E-state index < -0.39 is 41.0 Å². The second-order valence-corrected chi connectivity index (χ2v) is 9.09. The summed E-state index contributed by atoms with van der Waals surface area (Å²) in [7, 11) is 0. The first-order valence-electron chi connectivity index (χ1n) is 11.0. The van der Waals surface area contributed by atoms with Crippen molar-refractivity contribution in [3.8, 4) is 22.5 Å². The topological polar surface area (TPSA) is 141 Å². The largest absolute Gasteiger partial charge is 0.490 e. The van der Waals surface area contributed by atoms with Gasteiger partial charge in [-0.25, -0.2) is 14.8 Å². The van der Waals surface area contributed by atoms with Gasteiger partial charge in [-0.2, -0.15) is 26.3 Å². The number of hydrogen-bond donors (Lipinski definition) is 3. The summed E-state index contributed by atoms with van der Waals surface area (Å²) in [6.07, 6.45) is -10.6. The van der Waals surface area contributed by atoms with Gasteiger partial charge in [0.1, 0.15) is 11.5 Å². The second kappa shape index (κ2) is 9.84. The van der Waals surface area contributed by atoms with Crippen molar-refractivity contribution in [3.63, 3.8) is 0 Å². The van der Waals surface area contributed by atoms with Crippen LogP contribution in [0.1, 0.15) is 30.5 Å². The fourth-order valence-corrected chi connectivity index (χ4v) is 3.70. The van der Waals surface area contributed by atoms with Crippen LogP contribution in [0.15, 0.2) is 48.7 Å². The van der Waals surface area contributed by atoms with E-state index in [4.69, 9.17) is 11.5 Å². The number of benzene rings is 2. The number of nitrogen functional groups attached to an aromatic ring is 1. The van der Waals surface area contributed by atoms with E-state index in [0.717, 1.165) is 12.3 Å². The zero-order valence-electron chi connectivity index (χ0n) is 20.6. The summed E-state index contributed by atoms with van der Waals surface area (Å²) in [4.78, 5) is 31.9. The normalized spacial score (nSPS) is 14.0. The Morgan fingerprint density at radius 2 is 1.51 bits per heavy atom. The van der Waals surface area contributed by atoms with Gasteiger partial charge in [-0.05, 0) is 38.0 Å². The Kier molecular flexibility index (Phi) is 7.40. The van der Waals surface area contributed by atoms with E-state index in [1.165, 1.54) is 6.92 Å². The number of ether oxygens (including phenoxy) is 1. The number of nitrogens with two attached hydrogens (primary N) is 2. The highest BCUT2D eigenvalue weighted by Gasteiger charge is 2.66. The SMILES string of the molecule is Cc1ccc(C(OC(=O)C(F)(F)F)(C(N)=O)C(F)(F)F)cc1-c1cnc(N)c(-c2ccc(C(C)(C)O)cc2)n1. The Morgan fingerprint density at radius 3 is 2.00 bits per heavy atom. The molecule has 2 aromatic carbocycles. The average Bonchev–Trinajstić information content (AvgIpc) is 2.81. The van der Waals surface area contributed by atoms with E-state index in [2.05, 4.69) is 14.7 Å². The molecule has 208 valence electrons. The van der Waals surface area contributed by atoms with E-state index in [9.17, 15) is 41.0 Å². The number of carbonyl (C=O) groups is 2. The van der Waals surface area contributed by atoms with Crippen LogP contribution >= 0.6 is 0 Å². The Hall–Kier alpha value is -4.20. The molecule has 1 amide bonds. The van der Waals surface area contributed by atoms with Crippen LogP contribution in [0, 0.1) is 6.92 Å². The molecule has 0 saturated heterocycles. The molecule has 3 aromatic rings. The zero-order chi connectivity index (χ0) is 29.6. The molecule has 0 bridgehead atoms. The minimum Gasteiger partial charge on any atom is -0.427 e. The van der Waals surface area contributed by atoms with Gasteiger partial charge < -0.3 is 21.3 Å². The first-order chi connectivity index (χ1) is 17.8. The molecule has 8 nitrogen and oxygen atoms in total. The number of aliphatic hydroxyl groups is 1. The third kappa shape index (κ3) is 5.65. The monoisotopic (exact) mass is 556 g/mol. The molecule has 0 spiro atoms. The molecular formula is C25H22F6N4O4. The van der Waals surface area contributed by atoms with Crippen molar-refractivity contribution in [1.29, 1.82) is 0 Å². The van der Waals surface area contributed by atoms with Crippen LogP contribution in [-0.2, 0) is 25.5 Å². The lowest BCUT2D eigenvalue weighted by Crippen LogP contribution is -2.57. The number of anilines is 1. The Bertz CT molecular complexity index is 1420. The van der Waals surface area contributed by atoms with Crippen molar-refractivity contribution in [2.75, 3.05) is 5.73 Å². The summed E-state index contributed by atoms with van der Waals surface area (Å²) in [5, 5.41) is 10.2. The van der Waals surface area contributed by atoms with Gasteiger partial charge in [0.05, 0.1) is 17.5 Å². The molecule has 39 heavy (non-hydrogen) atoms. The van der Waals surface area contributed by atoms with Crippen LogP contribution in [0.2, 0.25) is 0 Å². The van der Waals surface area contributed by atoms with Gasteiger partial charge in [0.2, 0.25) is 0 Å². The molecule has 3 rings (SSSR count). The van der Waals surface area contributed by atoms with E-state index in [-0.39, 0.29) is 28.3 Å². The number of aryl methyl sites for hydroxylation is 1. The van der Waals surface area contributed by atoms with Crippen molar-refractivity contribution >= 4 is 17.7 Å². The third-order valence-corrected chi connectivity index (χ3v) is 5.81. The molecule has 1 heterocycles. The first kappa shape index (κ1) is 29.4. The number of carbonyl (C=O) groups excluding carboxylic acids is 2. The van der Waals surface area contributed by atoms with Crippen LogP contribution in [0.3, 0.4) is 0 Å². The maximum Gasteiger partial charge on any atom is 0.490 e. The first-order valence-corrected chi connectivity index (χ1v) is 11.0. The lowest BCUT2D eigenvalue weighted by molar-refractivity contribution is -0.280. The Labute approximate surface area is 217 Å². The minimum atomic E-state index is -5.87. The van der Waals surface area contributed by atoms with Crippen molar-refractivity contribution in [2.24, 2.45) is 5.73 Å². The third-order valence-electron chi connectivity index (χ3n) is 5.81. The van der Waals surface area contributed by atoms with E-state index in [1.54, 1.807) is 38.1 Å². The highest BCUT2D eigenvalue weighted by atomic mass is 19.4. The molecule has 0 aliphatic rings. The summed E-state index contributed by atoms with van der Waals surface area (Å²) < 4.78 is 84.7. The summed E-state index contributed by atoms with van der Waals surface area (Å²) in [5.74, 6) is -5.70. The van der Waals surface area contributed by atoms with Gasteiger partial charge in [0.15, 0.2) is 0 Å². The molecule has 1 atom stereocenters. The fraction of sp³-hybridized carbons (Fsp3) is 0.280. The summed E-state index contributed by atoms with van der Waals surface area (Å²) >= 11 is 0. The molecule has 1 unspecified atom stereocenters. The van der Waals surface area contributed by atoms with Crippen LogP contribution < -0.4 is 11.5 Å². The van der Waals surface area contributed by atoms with Gasteiger partial charge >= 0.3 is 23.9 Å². The molecular weight excluding hydrogens is 534 g/mol. The number of alkyl halides is 6. The lowest BCUT2D eigenvalue weighted by Gasteiger charge is -2.33. The summed E-state index contributed by atoms with van der Waals surface area (Å²) in [6.45, 7) is 4.60. The molecule has 0 fully saturated rings. The number of rotatable bonds is 6. The van der Waals surface area contributed by atoms with Crippen LogP contribution in [0.25, 0.3) is 22.5 Å². The molecule has 14 heteroatoms. The van der Waals surface area contributed by atoms with E-state index >= 15 is 0 Å². The standard InChI is InChI=1S/C25H22F6N4O4/c1-12-4-7-15(23(20(33)36,25(29,30)31)39-21(37)24(26,27)28)10-16(12)17-11-34-19(32)18(35-17)13-5-8-14(9-6-13)22(2,3)38/h4-11,38H,1-3H3,(H2,32,34)(H2,33,36). The van der Waals surface area contributed by atoms with Crippen LogP contribution in [0.5, 0.6) is 0 Å². The number of halogens is 6. The Balaban J connectivity index is 2.20. The van der Waals surface area contributed by atoms with Crippen molar-refractivity contribution in [1.82, 2.24) is 9.97 Å². The van der Waals surface area contributed by atoms with Gasteiger partial charge in [-0.3, -0.25) is 4.79 Å². The average molecular weight is 556 g/mol. The van der Waals surface area contributed by atoms with Crippen LogP contribution in [0.4, 0.5) is 32.2 Å². The van der Waals surface area contributed by atoms with Crippen LogP contribution in [-0.4, -0.2) is 39.3 Å². The number of amides is 1. The molecule has 0 aliphatic carbocycles. The molecule has 0 radical (unpaired) electrons.